The van der Waals surface area contributed by atoms with Gasteiger partial charge in [-0.2, -0.15) is 4.31 Å². The number of aromatic nitrogens is 1. The van der Waals surface area contributed by atoms with Crippen molar-refractivity contribution in [3.8, 4) is 0 Å². The molecule has 8 nitrogen and oxygen atoms in total. The molecular formula is C25H29N3O5S2. The van der Waals surface area contributed by atoms with Crippen molar-refractivity contribution >= 4 is 42.6 Å². The number of aryl methyl sites for hydroxylation is 1. The van der Waals surface area contributed by atoms with Gasteiger partial charge in [-0.15, -0.1) is 0 Å². The molecule has 0 aliphatic carbocycles. The molecule has 35 heavy (non-hydrogen) atoms. The van der Waals surface area contributed by atoms with Gasteiger partial charge in [-0.05, 0) is 55.2 Å². The molecule has 1 amide bonds. The van der Waals surface area contributed by atoms with E-state index in [4.69, 9.17) is 14.5 Å². The van der Waals surface area contributed by atoms with Crippen LogP contribution in [0.5, 0.6) is 0 Å². The maximum absolute atomic E-state index is 13.7. The van der Waals surface area contributed by atoms with Gasteiger partial charge in [0.2, 0.25) is 10.0 Å². The zero-order valence-corrected chi connectivity index (χ0v) is 21.3. The number of anilines is 1. The molecule has 2 aliphatic rings. The van der Waals surface area contributed by atoms with Crippen LogP contribution in [-0.2, 0) is 25.9 Å². The van der Waals surface area contributed by atoms with E-state index in [0.717, 1.165) is 35.0 Å². The second-order valence-electron chi connectivity index (χ2n) is 8.71. The molecule has 1 unspecified atom stereocenters. The van der Waals surface area contributed by atoms with Crippen molar-refractivity contribution in [2.75, 3.05) is 44.4 Å². The number of benzene rings is 2. The molecule has 3 aromatic rings. The number of rotatable bonds is 7. The van der Waals surface area contributed by atoms with E-state index in [1.165, 1.54) is 27.8 Å². The summed E-state index contributed by atoms with van der Waals surface area (Å²) < 4.78 is 39.5. The highest BCUT2D eigenvalue weighted by atomic mass is 32.2. The average molecular weight is 516 g/mol. The van der Waals surface area contributed by atoms with Crippen LogP contribution in [0.2, 0.25) is 0 Å². The fraction of sp³-hybridized carbons (Fsp3) is 0.440. The van der Waals surface area contributed by atoms with E-state index in [1.54, 1.807) is 17.0 Å². The van der Waals surface area contributed by atoms with Crippen molar-refractivity contribution in [1.29, 1.82) is 0 Å². The van der Waals surface area contributed by atoms with E-state index in [0.29, 0.717) is 50.1 Å². The Kier molecular flexibility index (Phi) is 7.17. The van der Waals surface area contributed by atoms with Crippen LogP contribution in [0.3, 0.4) is 0 Å². The van der Waals surface area contributed by atoms with Gasteiger partial charge in [0.05, 0.1) is 41.0 Å². The maximum Gasteiger partial charge on any atom is 0.260 e. The van der Waals surface area contributed by atoms with E-state index in [1.807, 2.05) is 12.1 Å². The fourth-order valence-corrected chi connectivity index (χ4v) is 6.93. The minimum atomic E-state index is -3.62. The highest BCUT2D eigenvalue weighted by molar-refractivity contribution is 7.89. The lowest BCUT2D eigenvalue weighted by molar-refractivity contribution is 0.0730. The maximum atomic E-state index is 13.7. The molecule has 3 heterocycles. The molecule has 0 N–H and O–H groups in total. The van der Waals surface area contributed by atoms with E-state index in [-0.39, 0.29) is 16.9 Å². The third kappa shape index (κ3) is 4.99. The van der Waals surface area contributed by atoms with Crippen LogP contribution in [-0.4, -0.2) is 69.2 Å². The van der Waals surface area contributed by atoms with Crippen molar-refractivity contribution in [2.45, 2.75) is 37.2 Å². The number of carbonyl (C=O) groups excluding carboxylic acids is 1. The monoisotopic (exact) mass is 515 g/mol. The van der Waals surface area contributed by atoms with Crippen molar-refractivity contribution in [3.63, 3.8) is 0 Å². The molecule has 186 valence electrons. The molecule has 2 saturated heterocycles. The number of fused-ring (bicyclic) bond motifs is 1. The fourth-order valence-electron chi connectivity index (χ4n) is 4.50. The van der Waals surface area contributed by atoms with E-state index in [2.05, 4.69) is 13.0 Å². The molecule has 0 radical (unpaired) electrons. The van der Waals surface area contributed by atoms with Crippen LogP contribution in [0.1, 0.15) is 35.7 Å². The summed E-state index contributed by atoms with van der Waals surface area (Å²) in [4.78, 5) is 20.4. The van der Waals surface area contributed by atoms with Gasteiger partial charge in [0, 0.05) is 25.3 Å². The van der Waals surface area contributed by atoms with E-state index >= 15 is 0 Å². The summed E-state index contributed by atoms with van der Waals surface area (Å²) in [6.07, 6.45) is 2.68. The minimum Gasteiger partial charge on any atom is -0.379 e. The first-order valence-corrected chi connectivity index (χ1v) is 14.2. The lowest BCUT2D eigenvalue weighted by atomic mass is 10.1. The second kappa shape index (κ2) is 10.3. The number of hydrogen-bond donors (Lipinski definition) is 0. The number of nitrogens with zero attached hydrogens (tertiary/aromatic N) is 3. The predicted molar refractivity (Wildman–Crippen MR) is 136 cm³/mol. The van der Waals surface area contributed by atoms with Crippen LogP contribution in [0, 0.1) is 0 Å². The normalized spacial score (nSPS) is 19.3. The topological polar surface area (TPSA) is 89.0 Å². The van der Waals surface area contributed by atoms with Gasteiger partial charge in [-0.1, -0.05) is 30.4 Å². The van der Waals surface area contributed by atoms with Crippen molar-refractivity contribution in [2.24, 2.45) is 0 Å². The number of carbonyl (C=O) groups is 1. The molecule has 1 aromatic heterocycles. The van der Waals surface area contributed by atoms with Gasteiger partial charge in [-0.3, -0.25) is 9.69 Å². The predicted octanol–water partition coefficient (Wildman–Crippen LogP) is 3.71. The highest BCUT2D eigenvalue weighted by Gasteiger charge is 2.29. The van der Waals surface area contributed by atoms with Crippen LogP contribution < -0.4 is 4.90 Å². The molecule has 2 aliphatic heterocycles. The number of hydrogen-bond acceptors (Lipinski definition) is 7. The zero-order valence-electron chi connectivity index (χ0n) is 19.7. The zero-order chi connectivity index (χ0) is 24.4. The standard InChI is InChI=1S/C25H29N3O5S2/c1-2-18-5-3-7-22-23(18)26-25(34-22)28(17-20-6-4-14-33-20)24(29)19-8-10-21(11-9-19)35(30,31)27-12-15-32-16-13-27/h3,5,7-11,20H,2,4,6,12-17H2,1H3. The summed E-state index contributed by atoms with van der Waals surface area (Å²) in [6.45, 7) is 4.63. The molecule has 0 saturated carbocycles. The number of sulfonamides is 1. The van der Waals surface area contributed by atoms with Crippen molar-refractivity contribution in [3.05, 3.63) is 53.6 Å². The van der Waals surface area contributed by atoms with Gasteiger partial charge in [0.15, 0.2) is 5.13 Å². The third-order valence-electron chi connectivity index (χ3n) is 6.47. The Morgan fingerprint density at radius 3 is 2.60 bits per heavy atom. The molecule has 1 atom stereocenters. The highest BCUT2D eigenvalue weighted by Crippen LogP contribution is 2.33. The summed E-state index contributed by atoms with van der Waals surface area (Å²) in [7, 11) is -3.62. The number of morpholine rings is 1. The molecular weight excluding hydrogens is 486 g/mol. The second-order valence-corrected chi connectivity index (χ2v) is 11.7. The van der Waals surface area contributed by atoms with Crippen LogP contribution in [0.15, 0.2) is 47.4 Å². The Morgan fingerprint density at radius 1 is 1.14 bits per heavy atom. The Morgan fingerprint density at radius 2 is 1.91 bits per heavy atom. The van der Waals surface area contributed by atoms with Crippen LogP contribution in [0.25, 0.3) is 10.2 Å². The molecule has 0 bridgehead atoms. The molecule has 5 rings (SSSR count). The molecule has 0 spiro atoms. The SMILES string of the molecule is CCc1cccc2sc(N(CC3CCCO3)C(=O)c3ccc(S(=O)(=O)N4CCOCC4)cc3)nc12. The van der Waals surface area contributed by atoms with Gasteiger partial charge < -0.3 is 9.47 Å². The quantitative estimate of drug-likeness (QED) is 0.477. The summed E-state index contributed by atoms with van der Waals surface area (Å²) in [6, 6.07) is 12.3. The van der Waals surface area contributed by atoms with Gasteiger partial charge >= 0.3 is 0 Å². The van der Waals surface area contributed by atoms with E-state index < -0.39 is 10.0 Å². The minimum absolute atomic E-state index is 0.0439. The van der Waals surface area contributed by atoms with Crippen LogP contribution in [0.4, 0.5) is 5.13 Å². The average Bonchev–Trinajstić information content (AvgIpc) is 3.57. The largest absolute Gasteiger partial charge is 0.379 e. The molecule has 2 aromatic carbocycles. The Labute approximate surface area is 209 Å². The van der Waals surface area contributed by atoms with Crippen LogP contribution >= 0.6 is 11.3 Å². The van der Waals surface area contributed by atoms with Crippen molar-refractivity contribution < 1.29 is 22.7 Å². The number of ether oxygens (including phenoxy) is 2. The number of thiazole rings is 1. The summed E-state index contributed by atoms with van der Waals surface area (Å²) in [5.74, 6) is -0.215. The lowest BCUT2D eigenvalue weighted by Crippen LogP contribution is -2.40. The number of amides is 1. The summed E-state index contributed by atoms with van der Waals surface area (Å²) in [5, 5.41) is 0.631. The molecule has 10 heteroatoms. The first kappa shape index (κ1) is 24.3. The Balaban J connectivity index is 1.44. The summed E-state index contributed by atoms with van der Waals surface area (Å²) in [5.41, 5.74) is 2.48. The lowest BCUT2D eigenvalue weighted by Gasteiger charge is -2.26. The van der Waals surface area contributed by atoms with E-state index in [9.17, 15) is 13.2 Å². The van der Waals surface area contributed by atoms with Gasteiger partial charge in [0.25, 0.3) is 5.91 Å². The first-order chi connectivity index (χ1) is 17.0. The van der Waals surface area contributed by atoms with Gasteiger partial charge in [0.1, 0.15) is 0 Å². The molecule has 2 fully saturated rings. The Bertz CT molecular complexity index is 1290. The summed E-state index contributed by atoms with van der Waals surface area (Å²) >= 11 is 1.49. The number of para-hydroxylation sites is 1. The Hall–Kier alpha value is -2.37. The first-order valence-electron chi connectivity index (χ1n) is 12.0. The van der Waals surface area contributed by atoms with Gasteiger partial charge in [-0.25, -0.2) is 13.4 Å². The smallest absolute Gasteiger partial charge is 0.260 e. The van der Waals surface area contributed by atoms with Crippen molar-refractivity contribution in [1.82, 2.24) is 9.29 Å². The third-order valence-corrected chi connectivity index (χ3v) is 9.42.